The van der Waals surface area contributed by atoms with Crippen LogP contribution in [-0.4, -0.2) is 15.9 Å². The zero-order valence-electron chi connectivity index (χ0n) is 8.16. The fraction of sp³-hybridized carbons (Fsp3) is 0.500. The summed E-state index contributed by atoms with van der Waals surface area (Å²) in [7, 11) is 0. The summed E-state index contributed by atoms with van der Waals surface area (Å²) in [4.78, 5) is 19.3. The van der Waals surface area contributed by atoms with Gasteiger partial charge in [0.05, 0.1) is 12.2 Å². The van der Waals surface area contributed by atoms with E-state index in [4.69, 9.17) is 0 Å². The van der Waals surface area contributed by atoms with Crippen molar-refractivity contribution in [3.05, 3.63) is 23.8 Å². The molecule has 74 valence electrons. The first-order valence-electron chi connectivity index (χ1n) is 4.82. The number of hydrogen-bond donors (Lipinski definition) is 1. The molecule has 0 saturated heterocycles. The number of amides is 1. The molecule has 1 heterocycles. The molecule has 1 aromatic heterocycles. The number of hydrogen-bond acceptors (Lipinski definition) is 3. The molecule has 1 amide bonds. The summed E-state index contributed by atoms with van der Waals surface area (Å²) in [6.07, 6.45) is 4.16. The van der Waals surface area contributed by atoms with Gasteiger partial charge in [-0.2, -0.15) is 0 Å². The van der Waals surface area contributed by atoms with Gasteiger partial charge in [0.2, 0.25) is 5.91 Å². The first-order chi connectivity index (χ1) is 6.75. The zero-order valence-corrected chi connectivity index (χ0v) is 8.16. The van der Waals surface area contributed by atoms with E-state index in [1.54, 1.807) is 6.20 Å². The fourth-order valence-electron chi connectivity index (χ4n) is 1.26. The molecular weight excluding hydrogens is 178 g/mol. The number of carbonyl (C=O) groups is 1. The molecule has 0 spiro atoms. The van der Waals surface area contributed by atoms with Crippen LogP contribution < -0.4 is 5.32 Å². The highest BCUT2D eigenvalue weighted by molar-refractivity contribution is 5.72. The summed E-state index contributed by atoms with van der Waals surface area (Å²) in [5.74, 6) is 1.46. The van der Waals surface area contributed by atoms with Crippen molar-refractivity contribution < 1.29 is 4.79 Å². The van der Waals surface area contributed by atoms with Crippen molar-refractivity contribution in [3.63, 3.8) is 0 Å². The monoisotopic (exact) mass is 191 g/mol. The van der Waals surface area contributed by atoms with Gasteiger partial charge in [0, 0.05) is 19.0 Å². The van der Waals surface area contributed by atoms with Crippen LogP contribution in [0.25, 0.3) is 0 Å². The Balaban J connectivity index is 2.02. The largest absolute Gasteiger partial charge is 0.351 e. The van der Waals surface area contributed by atoms with Crippen LogP contribution in [0, 0.1) is 0 Å². The molecule has 0 unspecified atom stereocenters. The molecule has 0 aromatic carbocycles. The second-order valence-corrected chi connectivity index (χ2v) is 3.59. The smallest absolute Gasteiger partial charge is 0.217 e. The second kappa shape index (κ2) is 3.74. The van der Waals surface area contributed by atoms with Crippen LogP contribution in [0.3, 0.4) is 0 Å². The predicted octanol–water partition coefficient (Wildman–Crippen LogP) is 0.990. The molecule has 0 bridgehead atoms. The molecule has 4 nitrogen and oxygen atoms in total. The maximum Gasteiger partial charge on any atom is 0.217 e. The van der Waals surface area contributed by atoms with E-state index in [1.807, 2.05) is 6.07 Å². The minimum atomic E-state index is -0.0309. The SMILES string of the molecule is CC(=O)NCc1ccnc(C2CC2)n1. The lowest BCUT2D eigenvalue weighted by Crippen LogP contribution is -2.20. The summed E-state index contributed by atoms with van der Waals surface area (Å²) >= 11 is 0. The van der Waals surface area contributed by atoms with Gasteiger partial charge < -0.3 is 5.32 Å². The van der Waals surface area contributed by atoms with Crippen LogP contribution >= 0.6 is 0 Å². The molecule has 1 N–H and O–H groups in total. The molecule has 1 aliphatic rings. The topological polar surface area (TPSA) is 54.9 Å². The van der Waals surface area contributed by atoms with Gasteiger partial charge in [-0.3, -0.25) is 4.79 Å². The number of rotatable bonds is 3. The van der Waals surface area contributed by atoms with E-state index in [0.717, 1.165) is 11.5 Å². The Labute approximate surface area is 82.8 Å². The number of nitrogens with one attached hydrogen (secondary N) is 1. The Morgan fingerprint density at radius 2 is 2.43 bits per heavy atom. The number of aromatic nitrogens is 2. The van der Waals surface area contributed by atoms with E-state index in [1.165, 1.54) is 19.8 Å². The van der Waals surface area contributed by atoms with E-state index in [0.29, 0.717) is 12.5 Å². The third kappa shape index (κ3) is 2.28. The molecule has 1 aromatic rings. The molecule has 2 rings (SSSR count). The van der Waals surface area contributed by atoms with E-state index in [2.05, 4.69) is 15.3 Å². The Morgan fingerprint density at radius 3 is 3.07 bits per heavy atom. The molecule has 0 aliphatic heterocycles. The summed E-state index contributed by atoms with van der Waals surface area (Å²) in [6, 6.07) is 1.84. The molecule has 0 atom stereocenters. The molecule has 0 radical (unpaired) electrons. The van der Waals surface area contributed by atoms with Gasteiger partial charge in [-0.1, -0.05) is 0 Å². The highest BCUT2D eigenvalue weighted by Crippen LogP contribution is 2.37. The van der Waals surface area contributed by atoms with Crippen molar-refractivity contribution in [3.8, 4) is 0 Å². The molecular formula is C10H13N3O. The Morgan fingerprint density at radius 1 is 1.64 bits per heavy atom. The summed E-state index contributed by atoms with van der Waals surface area (Å²) in [6.45, 7) is 2.00. The number of nitrogens with zero attached hydrogens (tertiary/aromatic N) is 2. The third-order valence-corrected chi connectivity index (χ3v) is 2.19. The van der Waals surface area contributed by atoms with Crippen LogP contribution in [0.4, 0.5) is 0 Å². The van der Waals surface area contributed by atoms with Crippen molar-refractivity contribution in [2.45, 2.75) is 32.2 Å². The van der Waals surface area contributed by atoms with E-state index in [9.17, 15) is 4.79 Å². The van der Waals surface area contributed by atoms with Crippen molar-refractivity contribution >= 4 is 5.91 Å². The van der Waals surface area contributed by atoms with Crippen molar-refractivity contribution in [1.82, 2.24) is 15.3 Å². The molecule has 14 heavy (non-hydrogen) atoms. The highest BCUT2D eigenvalue weighted by Gasteiger charge is 2.26. The Kier molecular flexibility index (Phi) is 2.43. The summed E-state index contributed by atoms with van der Waals surface area (Å²) in [5.41, 5.74) is 0.886. The minimum absolute atomic E-state index is 0.0309. The average molecular weight is 191 g/mol. The molecule has 1 aliphatic carbocycles. The third-order valence-electron chi connectivity index (χ3n) is 2.19. The quantitative estimate of drug-likeness (QED) is 0.775. The van der Waals surface area contributed by atoms with E-state index in [-0.39, 0.29) is 5.91 Å². The second-order valence-electron chi connectivity index (χ2n) is 3.59. The van der Waals surface area contributed by atoms with E-state index >= 15 is 0 Å². The maximum absolute atomic E-state index is 10.7. The van der Waals surface area contributed by atoms with Gasteiger partial charge in [-0.05, 0) is 18.9 Å². The lowest BCUT2D eigenvalue weighted by atomic mass is 10.3. The molecule has 1 fully saturated rings. The van der Waals surface area contributed by atoms with Gasteiger partial charge in [0.15, 0.2) is 0 Å². The van der Waals surface area contributed by atoms with Crippen molar-refractivity contribution in [2.24, 2.45) is 0 Å². The van der Waals surface area contributed by atoms with Gasteiger partial charge in [0.25, 0.3) is 0 Å². The summed E-state index contributed by atoms with van der Waals surface area (Å²) < 4.78 is 0. The maximum atomic E-state index is 10.7. The van der Waals surface area contributed by atoms with Crippen molar-refractivity contribution in [2.75, 3.05) is 0 Å². The first-order valence-corrected chi connectivity index (χ1v) is 4.82. The predicted molar refractivity (Wildman–Crippen MR) is 51.5 cm³/mol. The van der Waals surface area contributed by atoms with Crippen LogP contribution in [0.2, 0.25) is 0 Å². The molecule has 4 heteroatoms. The summed E-state index contributed by atoms with van der Waals surface area (Å²) in [5, 5.41) is 2.72. The standard InChI is InChI=1S/C10H13N3O/c1-7(14)12-6-9-4-5-11-10(13-9)8-2-3-8/h4-5,8H,2-3,6H2,1H3,(H,12,14). The highest BCUT2D eigenvalue weighted by atomic mass is 16.1. The normalized spacial score (nSPS) is 15.2. The van der Waals surface area contributed by atoms with Gasteiger partial charge in [-0.15, -0.1) is 0 Å². The zero-order chi connectivity index (χ0) is 9.97. The van der Waals surface area contributed by atoms with Crippen LogP contribution in [0.5, 0.6) is 0 Å². The van der Waals surface area contributed by atoms with Gasteiger partial charge >= 0.3 is 0 Å². The average Bonchev–Trinajstić information content (AvgIpc) is 2.98. The van der Waals surface area contributed by atoms with E-state index < -0.39 is 0 Å². The minimum Gasteiger partial charge on any atom is -0.351 e. The fourth-order valence-corrected chi connectivity index (χ4v) is 1.26. The first kappa shape index (κ1) is 9.12. The van der Waals surface area contributed by atoms with Crippen LogP contribution in [0.1, 0.15) is 37.2 Å². The van der Waals surface area contributed by atoms with Crippen LogP contribution in [0.15, 0.2) is 12.3 Å². The lowest BCUT2D eigenvalue weighted by Gasteiger charge is -2.02. The number of carbonyl (C=O) groups excluding carboxylic acids is 1. The van der Waals surface area contributed by atoms with Gasteiger partial charge in [-0.25, -0.2) is 9.97 Å². The van der Waals surface area contributed by atoms with Crippen LogP contribution in [-0.2, 0) is 11.3 Å². The van der Waals surface area contributed by atoms with Gasteiger partial charge in [0.1, 0.15) is 5.82 Å². The lowest BCUT2D eigenvalue weighted by molar-refractivity contribution is -0.119. The Hall–Kier alpha value is -1.45. The van der Waals surface area contributed by atoms with Crippen molar-refractivity contribution in [1.29, 1.82) is 0 Å². The Bertz CT molecular complexity index is 347. The molecule has 1 saturated carbocycles.